The highest BCUT2D eigenvalue weighted by Crippen LogP contribution is 2.29. The van der Waals surface area contributed by atoms with Gasteiger partial charge in [-0.3, -0.25) is 0 Å². The average Bonchev–Trinajstić information content (AvgIpc) is 2.93. The molecule has 0 aliphatic heterocycles. The van der Waals surface area contributed by atoms with E-state index >= 15 is 0 Å². The average molecular weight is 269 g/mol. The van der Waals surface area contributed by atoms with E-state index in [4.69, 9.17) is 5.73 Å². The van der Waals surface area contributed by atoms with E-state index in [2.05, 4.69) is 42.5 Å². The van der Waals surface area contributed by atoms with Crippen LogP contribution in [0.15, 0.2) is 47.4 Å². The second kappa shape index (κ2) is 5.81. The fourth-order valence-corrected chi connectivity index (χ4v) is 3.55. The fourth-order valence-electron chi connectivity index (χ4n) is 2.65. The maximum Gasteiger partial charge on any atom is 0.0232 e. The number of rotatable bonds is 4. The molecule has 0 heterocycles. The molecule has 0 spiro atoms. The minimum Gasteiger partial charge on any atom is -0.326 e. The maximum absolute atomic E-state index is 5.68. The van der Waals surface area contributed by atoms with Gasteiger partial charge in [-0.15, -0.1) is 11.8 Å². The van der Waals surface area contributed by atoms with Crippen LogP contribution in [0.5, 0.6) is 0 Å². The Bertz CT molecular complexity index is 577. The SMILES string of the molecule is NCc1cccc(CSc2ccc3c(c2)CCC3)c1. The number of aryl methyl sites for hydroxylation is 2. The maximum atomic E-state index is 5.68. The van der Waals surface area contributed by atoms with E-state index < -0.39 is 0 Å². The smallest absolute Gasteiger partial charge is 0.0232 e. The number of nitrogens with two attached hydrogens (primary N) is 1. The van der Waals surface area contributed by atoms with Crippen LogP contribution in [0.3, 0.4) is 0 Å². The standard InChI is InChI=1S/C17H19NS/c18-11-13-3-1-4-14(9-13)12-19-17-8-7-15-5-2-6-16(15)10-17/h1,3-4,7-10H,2,5-6,11-12,18H2. The first-order chi connectivity index (χ1) is 9.35. The Morgan fingerprint density at radius 2 is 1.79 bits per heavy atom. The van der Waals surface area contributed by atoms with E-state index in [1.807, 2.05) is 11.8 Å². The van der Waals surface area contributed by atoms with Crippen LogP contribution in [0.1, 0.15) is 28.7 Å². The largest absolute Gasteiger partial charge is 0.326 e. The van der Waals surface area contributed by atoms with Gasteiger partial charge in [0.15, 0.2) is 0 Å². The Labute approximate surface area is 119 Å². The number of fused-ring (bicyclic) bond motifs is 1. The highest BCUT2D eigenvalue weighted by molar-refractivity contribution is 7.98. The van der Waals surface area contributed by atoms with E-state index in [1.165, 1.54) is 35.3 Å². The lowest BCUT2D eigenvalue weighted by Gasteiger charge is -2.06. The zero-order chi connectivity index (χ0) is 13.1. The van der Waals surface area contributed by atoms with Gasteiger partial charge in [-0.05, 0) is 53.6 Å². The van der Waals surface area contributed by atoms with E-state index in [0.29, 0.717) is 6.54 Å². The Kier molecular flexibility index (Phi) is 3.90. The van der Waals surface area contributed by atoms with Crippen LogP contribution in [-0.2, 0) is 25.1 Å². The van der Waals surface area contributed by atoms with Gasteiger partial charge in [-0.25, -0.2) is 0 Å². The number of hydrogen-bond acceptors (Lipinski definition) is 2. The Balaban J connectivity index is 1.68. The van der Waals surface area contributed by atoms with Gasteiger partial charge in [0.2, 0.25) is 0 Å². The van der Waals surface area contributed by atoms with E-state index in [-0.39, 0.29) is 0 Å². The first kappa shape index (κ1) is 12.8. The lowest BCUT2D eigenvalue weighted by Crippen LogP contribution is -1.96. The summed E-state index contributed by atoms with van der Waals surface area (Å²) in [6, 6.07) is 15.5. The van der Waals surface area contributed by atoms with Crippen molar-refractivity contribution in [2.24, 2.45) is 5.73 Å². The van der Waals surface area contributed by atoms with Crippen molar-refractivity contribution >= 4 is 11.8 Å². The third-order valence-electron chi connectivity index (χ3n) is 3.70. The minimum absolute atomic E-state index is 0.622. The minimum atomic E-state index is 0.622. The van der Waals surface area contributed by atoms with Gasteiger partial charge < -0.3 is 5.73 Å². The van der Waals surface area contributed by atoms with Crippen LogP contribution in [0, 0.1) is 0 Å². The van der Waals surface area contributed by atoms with Crippen LogP contribution >= 0.6 is 11.8 Å². The molecule has 1 nitrogen and oxygen atoms in total. The lowest BCUT2D eigenvalue weighted by molar-refractivity contribution is 0.911. The highest BCUT2D eigenvalue weighted by atomic mass is 32.2. The fraction of sp³-hybridized carbons (Fsp3) is 0.294. The summed E-state index contributed by atoms with van der Waals surface area (Å²) in [7, 11) is 0. The number of hydrogen-bond donors (Lipinski definition) is 1. The molecule has 1 aliphatic carbocycles. The molecule has 0 radical (unpaired) electrons. The summed E-state index contributed by atoms with van der Waals surface area (Å²) in [5, 5.41) is 0. The van der Waals surface area contributed by atoms with E-state index in [9.17, 15) is 0 Å². The Hall–Kier alpha value is -1.25. The molecule has 19 heavy (non-hydrogen) atoms. The highest BCUT2D eigenvalue weighted by Gasteiger charge is 2.10. The van der Waals surface area contributed by atoms with Crippen LogP contribution in [0.4, 0.5) is 0 Å². The Morgan fingerprint density at radius 3 is 2.68 bits per heavy atom. The van der Waals surface area contributed by atoms with Crippen molar-refractivity contribution in [2.45, 2.75) is 36.5 Å². The van der Waals surface area contributed by atoms with Crippen LogP contribution in [-0.4, -0.2) is 0 Å². The molecule has 2 heteroatoms. The molecule has 0 saturated heterocycles. The second-order valence-corrected chi connectivity index (χ2v) is 6.15. The Morgan fingerprint density at radius 1 is 0.947 bits per heavy atom. The van der Waals surface area contributed by atoms with Crippen LogP contribution < -0.4 is 5.73 Å². The normalized spacial score (nSPS) is 13.5. The first-order valence-electron chi connectivity index (χ1n) is 6.87. The summed E-state index contributed by atoms with van der Waals surface area (Å²) in [6.45, 7) is 0.622. The van der Waals surface area contributed by atoms with Crippen molar-refractivity contribution in [3.63, 3.8) is 0 Å². The topological polar surface area (TPSA) is 26.0 Å². The number of benzene rings is 2. The van der Waals surface area contributed by atoms with Crippen molar-refractivity contribution in [1.82, 2.24) is 0 Å². The zero-order valence-electron chi connectivity index (χ0n) is 11.1. The van der Waals surface area contributed by atoms with Crippen molar-refractivity contribution in [2.75, 3.05) is 0 Å². The molecule has 3 rings (SSSR count). The molecule has 1 aliphatic rings. The summed E-state index contributed by atoms with van der Waals surface area (Å²) < 4.78 is 0. The summed E-state index contributed by atoms with van der Waals surface area (Å²) in [6.07, 6.45) is 3.84. The van der Waals surface area contributed by atoms with Gasteiger partial charge in [-0.1, -0.05) is 30.3 Å². The molecule has 2 N–H and O–H groups in total. The van der Waals surface area contributed by atoms with E-state index in [0.717, 1.165) is 5.75 Å². The van der Waals surface area contributed by atoms with Gasteiger partial charge in [-0.2, -0.15) is 0 Å². The van der Waals surface area contributed by atoms with Gasteiger partial charge in [0.1, 0.15) is 0 Å². The monoisotopic (exact) mass is 269 g/mol. The molecule has 98 valence electrons. The third-order valence-corrected chi connectivity index (χ3v) is 4.77. The van der Waals surface area contributed by atoms with Crippen molar-refractivity contribution in [1.29, 1.82) is 0 Å². The molecule has 0 aromatic heterocycles. The molecule has 0 atom stereocenters. The molecule has 0 amide bonds. The predicted molar refractivity (Wildman–Crippen MR) is 82.4 cm³/mol. The molecule has 0 saturated carbocycles. The lowest BCUT2D eigenvalue weighted by atomic mass is 10.1. The summed E-state index contributed by atoms with van der Waals surface area (Å²) in [5.41, 5.74) is 11.4. The molecule has 0 unspecified atom stereocenters. The molecule has 0 bridgehead atoms. The van der Waals surface area contributed by atoms with Crippen molar-refractivity contribution < 1.29 is 0 Å². The molecular formula is C17H19NS. The second-order valence-electron chi connectivity index (χ2n) is 5.10. The van der Waals surface area contributed by atoms with Crippen molar-refractivity contribution in [3.05, 3.63) is 64.7 Å². The van der Waals surface area contributed by atoms with Crippen LogP contribution in [0.25, 0.3) is 0 Å². The van der Waals surface area contributed by atoms with Gasteiger partial charge in [0, 0.05) is 17.2 Å². The third kappa shape index (κ3) is 3.02. The summed E-state index contributed by atoms with van der Waals surface area (Å²) in [5.74, 6) is 1.02. The number of thioether (sulfide) groups is 1. The molecule has 2 aromatic rings. The molecule has 0 fully saturated rings. The van der Waals surface area contributed by atoms with Gasteiger partial charge >= 0.3 is 0 Å². The predicted octanol–water partition coefficient (Wildman–Crippen LogP) is 3.93. The quantitative estimate of drug-likeness (QED) is 0.851. The zero-order valence-corrected chi connectivity index (χ0v) is 11.9. The van der Waals surface area contributed by atoms with E-state index in [1.54, 1.807) is 11.1 Å². The molecule has 2 aromatic carbocycles. The summed E-state index contributed by atoms with van der Waals surface area (Å²) >= 11 is 1.92. The van der Waals surface area contributed by atoms with Crippen LogP contribution in [0.2, 0.25) is 0 Å². The van der Waals surface area contributed by atoms with Gasteiger partial charge in [0.05, 0.1) is 0 Å². The summed E-state index contributed by atoms with van der Waals surface area (Å²) in [4.78, 5) is 1.39. The first-order valence-corrected chi connectivity index (χ1v) is 7.86. The van der Waals surface area contributed by atoms with Crippen molar-refractivity contribution in [3.8, 4) is 0 Å². The molecular weight excluding hydrogens is 250 g/mol. The van der Waals surface area contributed by atoms with Gasteiger partial charge in [0.25, 0.3) is 0 Å².